The summed E-state index contributed by atoms with van der Waals surface area (Å²) in [5, 5.41) is 0.166. The highest BCUT2D eigenvalue weighted by Gasteiger charge is 2.17. The van der Waals surface area contributed by atoms with E-state index in [4.69, 9.17) is 26.9 Å². The predicted octanol–water partition coefficient (Wildman–Crippen LogP) is 0.961. The van der Waals surface area contributed by atoms with Crippen LogP contribution in [0.4, 0.5) is 0 Å². The van der Waals surface area contributed by atoms with Gasteiger partial charge in [0.2, 0.25) is 0 Å². The lowest BCUT2D eigenvalue weighted by atomic mass is 10.2. The number of carbonyl (C=O) groups is 1. The third kappa shape index (κ3) is 2.14. The first-order valence-electron chi connectivity index (χ1n) is 4.07. The number of nitrogens with two attached hydrogens (primary N) is 1. The van der Waals surface area contributed by atoms with Gasteiger partial charge in [-0.05, 0) is 12.1 Å². The van der Waals surface area contributed by atoms with Gasteiger partial charge in [-0.25, -0.2) is 5.84 Å². The third-order valence-electron chi connectivity index (χ3n) is 1.86. The second kappa shape index (κ2) is 4.86. The Morgan fingerprint density at radius 2 is 2.07 bits per heavy atom. The number of hydrazine groups is 1. The molecule has 0 saturated heterocycles. The van der Waals surface area contributed by atoms with Gasteiger partial charge in [-0.2, -0.15) is 0 Å². The normalized spacial score (nSPS) is 9.60. The molecular formula is C9H11ClN2O3. The number of hydrogen-bond acceptors (Lipinski definition) is 4. The predicted molar refractivity (Wildman–Crippen MR) is 56.2 cm³/mol. The van der Waals surface area contributed by atoms with Crippen molar-refractivity contribution in [3.63, 3.8) is 0 Å². The molecule has 15 heavy (non-hydrogen) atoms. The lowest BCUT2D eigenvalue weighted by Gasteiger charge is -2.11. The SMILES string of the molecule is COc1ccc(C(=O)NN)c(Cl)c1OC. The van der Waals surface area contributed by atoms with E-state index < -0.39 is 5.91 Å². The molecule has 0 aromatic heterocycles. The molecule has 3 N–H and O–H groups in total. The molecule has 1 amide bonds. The highest BCUT2D eigenvalue weighted by atomic mass is 35.5. The third-order valence-corrected chi connectivity index (χ3v) is 2.24. The summed E-state index contributed by atoms with van der Waals surface area (Å²) in [6.07, 6.45) is 0. The minimum Gasteiger partial charge on any atom is -0.493 e. The lowest BCUT2D eigenvalue weighted by Crippen LogP contribution is -2.30. The summed E-state index contributed by atoms with van der Waals surface area (Å²) >= 11 is 5.95. The minimum atomic E-state index is -0.485. The van der Waals surface area contributed by atoms with E-state index >= 15 is 0 Å². The average molecular weight is 231 g/mol. The van der Waals surface area contributed by atoms with Crippen LogP contribution in [0.25, 0.3) is 0 Å². The molecule has 82 valence electrons. The summed E-state index contributed by atoms with van der Waals surface area (Å²) in [7, 11) is 2.92. The molecule has 0 aliphatic heterocycles. The van der Waals surface area contributed by atoms with E-state index in [1.807, 2.05) is 5.43 Å². The Balaban J connectivity index is 3.29. The topological polar surface area (TPSA) is 73.6 Å². The second-order valence-electron chi connectivity index (χ2n) is 2.64. The maximum Gasteiger partial charge on any atom is 0.266 e. The molecule has 0 bridgehead atoms. The molecule has 0 fully saturated rings. The van der Waals surface area contributed by atoms with E-state index in [0.29, 0.717) is 11.5 Å². The fourth-order valence-electron chi connectivity index (χ4n) is 1.14. The van der Waals surface area contributed by atoms with Gasteiger partial charge < -0.3 is 9.47 Å². The molecule has 0 spiro atoms. The average Bonchev–Trinajstić information content (AvgIpc) is 2.27. The van der Waals surface area contributed by atoms with Crippen LogP contribution in [-0.2, 0) is 0 Å². The van der Waals surface area contributed by atoms with Gasteiger partial charge >= 0.3 is 0 Å². The van der Waals surface area contributed by atoms with E-state index in [1.165, 1.54) is 20.3 Å². The molecule has 0 saturated carbocycles. The van der Waals surface area contributed by atoms with Gasteiger partial charge in [-0.1, -0.05) is 11.6 Å². The smallest absolute Gasteiger partial charge is 0.266 e. The van der Waals surface area contributed by atoms with Gasteiger partial charge in [0.05, 0.1) is 24.8 Å². The Morgan fingerprint density at radius 1 is 1.40 bits per heavy atom. The molecule has 1 aromatic rings. The van der Waals surface area contributed by atoms with E-state index in [0.717, 1.165) is 0 Å². The molecule has 0 atom stereocenters. The van der Waals surface area contributed by atoms with Crippen molar-refractivity contribution >= 4 is 17.5 Å². The molecule has 0 heterocycles. The molecule has 5 nitrogen and oxygen atoms in total. The summed E-state index contributed by atoms with van der Waals surface area (Å²) in [4.78, 5) is 11.3. The number of hydrogen-bond donors (Lipinski definition) is 2. The van der Waals surface area contributed by atoms with E-state index in [2.05, 4.69) is 0 Å². The van der Waals surface area contributed by atoms with Gasteiger partial charge in [0, 0.05) is 0 Å². The van der Waals surface area contributed by atoms with Crippen molar-refractivity contribution in [3.8, 4) is 11.5 Å². The number of halogens is 1. The van der Waals surface area contributed by atoms with Crippen molar-refractivity contribution in [1.82, 2.24) is 5.43 Å². The maximum atomic E-state index is 11.3. The van der Waals surface area contributed by atoms with Crippen LogP contribution in [0.15, 0.2) is 12.1 Å². The largest absolute Gasteiger partial charge is 0.493 e. The molecule has 1 aromatic carbocycles. The summed E-state index contributed by atoms with van der Waals surface area (Å²) in [6, 6.07) is 3.08. The number of benzene rings is 1. The van der Waals surface area contributed by atoms with Gasteiger partial charge in [0.15, 0.2) is 11.5 Å². The summed E-state index contributed by atoms with van der Waals surface area (Å²) in [5.74, 6) is 5.28. The highest BCUT2D eigenvalue weighted by Crippen LogP contribution is 2.37. The second-order valence-corrected chi connectivity index (χ2v) is 3.01. The lowest BCUT2D eigenvalue weighted by molar-refractivity contribution is 0.0953. The van der Waals surface area contributed by atoms with Crippen molar-refractivity contribution in [1.29, 1.82) is 0 Å². The maximum absolute atomic E-state index is 11.3. The first kappa shape index (κ1) is 11.6. The Morgan fingerprint density at radius 3 is 2.53 bits per heavy atom. The molecule has 6 heteroatoms. The van der Waals surface area contributed by atoms with Crippen LogP contribution < -0.4 is 20.7 Å². The van der Waals surface area contributed by atoms with Crippen molar-refractivity contribution in [2.45, 2.75) is 0 Å². The standard InChI is InChI=1S/C9H11ClN2O3/c1-14-6-4-3-5(9(13)12-11)7(10)8(6)15-2/h3-4H,11H2,1-2H3,(H,12,13). The van der Waals surface area contributed by atoms with Crippen LogP contribution in [0, 0.1) is 0 Å². The van der Waals surface area contributed by atoms with Gasteiger partial charge in [-0.3, -0.25) is 10.2 Å². The number of carbonyl (C=O) groups excluding carboxylic acids is 1. The first-order chi connectivity index (χ1) is 7.15. The van der Waals surface area contributed by atoms with Crippen molar-refractivity contribution in [3.05, 3.63) is 22.7 Å². The number of amides is 1. The van der Waals surface area contributed by atoms with Gasteiger partial charge in [-0.15, -0.1) is 0 Å². The van der Waals surface area contributed by atoms with Gasteiger partial charge in [0.25, 0.3) is 5.91 Å². The summed E-state index contributed by atoms with van der Waals surface area (Å²) < 4.78 is 10.0. The molecular weight excluding hydrogens is 220 g/mol. The van der Waals surface area contributed by atoms with Crippen LogP contribution in [-0.4, -0.2) is 20.1 Å². The van der Waals surface area contributed by atoms with E-state index in [-0.39, 0.29) is 10.6 Å². The van der Waals surface area contributed by atoms with Crippen molar-refractivity contribution < 1.29 is 14.3 Å². The molecule has 0 unspecified atom stereocenters. The van der Waals surface area contributed by atoms with Gasteiger partial charge in [0.1, 0.15) is 0 Å². The van der Waals surface area contributed by atoms with Crippen LogP contribution in [0.5, 0.6) is 11.5 Å². The van der Waals surface area contributed by atoms with Crippen LogP contribution in [0.2, 0.25) is 5.02 Å². The number of ether oxygens (including phenoxy) is 2. The Labute approximate surface area is 92.1 Å². The molecule has 1 rings (SSSR count). The van der Waals surface area contributed by atoms with E-state index in [9.17, 15) is 4.79 Å². The Hall–Kier alpha value is -1.46. The zero-order chi connectivity index (χ0) is 11.4. The number of nitrogen functional groups attached to an aromatic ring is 1. The molecule has 0 aliphatic carbocycles. The summed E-state index contributed by atoms with van der Waals surface area (Å²) in [6.45, 7) is 0. The summed E-state index contributed by atoms with van der Waals surface area (Å²) in [5.41, 5.74) is 2.22. The van der Waals surface area contributed by atoms with Crippen molar-refractivity contribution in [2.24, 2.45) is 5.84 Å². The minimum absolute atomic E-state index is 0.166. The zero-order valence-electron chi connectivity index (χ0n) is 8.33. The zero-order valence-corrected chi connectivity index (χ0v) is 9.09. The molecule has 0 radical (unpaired) electrons. The van der Waals surface area contributed by atoms with Crippen LogP contribution in [0.1, 0.15) is 10.4 Å². The van der Waals surface area contributed by atoms with Crippen LogP contribution in [0.3, 0.4) is 0 Å². The van der Waals surface area contributed by atoms with Crippen molar-refractivity contribution in [2.75, 3.05) is 14.2 Å². The Kier molecular flexibility index (Phi) is 3.76. The number of methoxy groups -OCH3 is 2. The number of nitrogens with one attached hydrogen (secondary N) is 1. The fourth-order valence-corrected chi connectivity index (χ4v) is 1.46. The van der Waals surface area contributed by atoms with Crippen LogP contribution >= 0.6 is 11.6 Å². The fraction of sp³-hybridized carbons (Fsp3) is 0.222. The highest BCUT2D eigenvalue weighted by molar-refractivity contribution is 6.35. The molecule has 0 aliphatic rings. The first-order valence-corrected chi connectivity index (χ1v) is 4.45. The quantitative estimate of drug-likeness (QED) is 0.461. The monoisotopic (exact) mass is 230 g/mol. The van der Waals surface area contributed by atoms with E-state index in [1.54, 1.807) is 6.07 Å². The Bertz CT molecular complexity index is 382. The number of rotatable bonds is 3.